The Kier molecular flexibility index (Phi) is 4.63. The van der Waals surface area contributed by atoms with Crippen LogP contribution >= 0.6 is 11.3 Å². The molecule has 98 valence electrons. The van der Waals surface area contributed by atoms with E-state index in [4.69, 9.17) is 0 Å². The Morgan fingerprint density at radius 2 is 1.68 bits per heavy atom. The van der Waals surface area contributed by atoms with Crippen molar-refractivity contribution >= 4 is 22.1 Å². The zero-order valence-corrected chi connectivity index (χ0v) is 12.3. The summed E-state index contributed by atoms with van der Waals surface area (Å²) in [7, 11) is 0. The zero-order valence-electron chi connectivity index (χ0n) is 11.5. The highest BCUT2D eigenvalue weighted by molar-refractivity contribution is 7.13. The molecule has 3 aromatic rings. The summed E-state index contributed by atoms with van der Waals surface area (Å²) < 4.78 is 0. The minimum Gasteiger partial charge on any atom is -0.253 e. The second-order valence-corrected chi connectivity index (χ2v) is 5.88. The molecule has 3 rings (SSSR count). The smallest absolute Gasteiger partial charge is 0.141 e. The van der Waals surface area contributed by atoms with Gasteiger partial charge in [-0.2, -0.15) is 0 Å². The average Bonchev–Trinajstić information content (AvgIpc) is 2.91. The molecule has 0 unspecified atom stereocenters. The van der Waals surface area contributed by atoms with Gasteiger partial charge in [0.25, 0.3) is 0 Å². The summed E-state index contributed by atoms with van der Waals surface area (Å²) in [6, 6.07) is 10.3. The summed E-state index contributed by atoms with van der Waals surface area (Å²) >= 11 is 1.61. The van der Waals surface area contributed by atoms with Gasteiger partial charge in [0, 0.05) is 23.2 Å². The predicted octanol–water partition coefficient (Wildman–Crippen LogP) is 5.02. The van der Waals surface area contributed by atoms with Crippen molar-refractivity contribution in [2.75, 3.05) is 0 Å². The van der Waals surface area contributed by atoms with Gasteiger partial charge in [0.05, 0.1) is 5.69 Å². The van der Waals surface area contributed by atoms with E-state index < -0.39 is 0 Å². The first-order valence-corrected chi connectivity index (χ1v) is 7.29. The maximum atomic E-state index is 4.40. The van der Waals surface area contributed by atoms with Crippen molar-refractivity contribution in [3.8, 4) is 10.7 Å². The van der Waals surface area contributed by atoms with Gasteiger partial charge in [-0.3, -0.25) is 4.98 Å². The highest BCUT2D eigenvalue weighted by atomic mass is 32.1. The van der Waals surface area contributed by atoms with Gasteiger partial charge in [-0.05, 0) is 17.4 Å². The molecule has 0 bridgehead atoms. The molecular formula is C16H18N2S. The second kappa shape index (κ2) is 6.43. The zero-order chi connectivity index (χ0) is 13.7. The lowest BCUT2D eigenvalue weighted by atomic mass is 10.1. The number of rotatable bonds is 1. The molecule has 0 atom stereocenters. The summed E-state index contributed by atoms with van der Waals surface area (Å²) in [5.41, 5.74) is 0.948. The van der Waals surface area contributed by atoms with Crippen LogP contribution in [0.5, 0.6) is 0 Å². The van der Waals surface area contributed by atoms with Crippen molar-refractivity contribution in [2.24, 2.45) is 5.92 Å². The summed E-state index contributed by atoms with van der Waals surface area (Å²) in [5.74, 6) is 0.833. The van der Waals surface area contributed by atoms with E-state index in [0.717, 1.165) is 22.0 Å². The minimum atomic E-state index is 0.833. The number of fused-ring (bicyclic) bond motifs is 1. The number of pyridine rings is 1. The van der Waals surface area contributed by atoms with E-state index >= 15 is 0 Å². The number of nitrogens with zero attached hydrogens (tertiary/aromatic N) is 2. The van der Waals surface area contributed by atoms with Crippen molar-refractivity contribution in [3.63, 3.8) is 0 Å². The van der Waals surface area contributed by atoms with Crippen LogP contribution in [-0.2, 0) is 0 Å². The molecule has 1 aromatic carbocycles. The first kappa shape index (κ1) is 13.7. The van der Waals surface area contributed by atoms with E-state index in [-0.39, 0.29) is 0 Å². The van der Waals surface area contributed by atoms with Crippen LogP contribution in [0.15, 0.2) is 48.1 Å². The van der Waals surface area contributed by atoms with Crippen LogP contribution in [0.25, 0.3) is 21.5 Å². The molecule has 0 aliphatic rings. The van der Waals surface area contributed by atoms with Crippen LogP contribution in [0.3, 0.4) is 0 Å². The van der Waals surface area contributed by atoms with Gasteiger partial charge in [0.2, 0.25) is 0 Å². The number of hydrogen-bond donors (Lipinski definition) is 0. The van der Waals surface area contributed by atoms with Crippen LogP contribution in [0.1, 0.15) is 20.8 Å². The fourth-order valence-electron chi connectivity index (χ4n) is 1.55. The molecule has 19 heavy (non-hydrogen) atoms. The molecule has 0 saturated carbocycles. The van der Waals surface area contributed by atoms with Gasteiger partial charge < -0.3 is 0 Å². The molecule has 0 fully saturated rings. The third-order valence-corrected chi connectivity index (χ3v) is 3.08. The van der Waals surface area contributed by atoms with Crippen LogP contribution in [-0.4, -0.2) is 9.97 Å². The van der Waals surface area contributed by atoms with E-state index in [9.17, 15) is 0 Å². The van der Waals surface area contributed by atoms with Gasteiger partial charge >= 0.3 is 0 Å². The Labute approximate surface area is 118 Å². The lowest BCUT2D eigenvalue weighted by Crippen LogP contribution is -1.82. The maximum absolute atomic E-state index is 4.40. The van der Waals surface area contributed by atoms with Gasteiger partial charge in [0.15, 0.2) is 0 Å². The van der Waals surface area contributed by atoms with E-state index in [0.29, 0.717) is 0 Å². The lowest BCUT2D eigenvalue weighted by molar-refractivity contribution is 0.737. The van der Waals surface area contributed by atoms with Crippen LogP contribution in [0.2, 0.25) is 0 Å². The van der Waals surface area contributed by atoms with Gasteiger partial charge in [0.1, 0.15) is 5.01 Å². The first-order chi connectivity index (χ1) is 9.16. The molecule has 2 aromatic heterocycles. The van der Waals surface area contributed by atoms with Crippen molar-refractivity contribution in [1.29, 1.82) is 0 Å². The van der Waals surface area contributed by atoms with E-state index in [1.54, 1.807) is 17.5 Å². The van der Waals surface area contributed by atoms with Crippen LogP contribution in [0, 0.1) is 5.92 Å². The van der Waals surface area contributed by atoms with E-state index in [1.165, 1.54) is 5.39 Å². The number of thiazole rings is 1. The summed E-state index contributed by atoms with van der Waals surface area (Å²) in [6.45, 7) is 6.50. The van der Waals surface area contributed by atoms with Crippen molar-refractivity contribution in [1.82, 2.24) is 9.97 Å². The standard InChI is InChI=1S/C12H8N2S.C4H10/c1-2-4-10-8-14-11(7-9(10)3-1)12-13-5-6-15-12;1-4(2)3/h1-8H;4H,1-3H3. The molecule has 2 heterocycles. The van der Waals surface area contributed by atoms with Crippen molar-refractivity contribution in [2.45, 2.75) is 20.8 Å². The Bertz CT molecular complexity index is 627. The van der Waals surface area contributed by atoms with Crippen LogP contribution in [0.4, 0.5) is 0 Å². The Morgan fingerprint density at radius 1 is 1.00 bits per heavy atom. The SMILES string of the molecule is CC(C)C.c1ccc2cc(-c3nccs3)ncc2c1. The first-order valence-electron chi connectivity index (χ1n) is 6.41. The van der Waals surface area contributed by atoms with Gasteiger partial charge in [-0.25, -0.2) is 4.98 Å². The molecule has 0 N–H and O–H groups in total. The third kappa shape index (κ3) is 3.86. The molecule has 0 amide bonds. The highest BCUT2D eigenvalue weighted by Gasteiger charge is 2.02. The average molecular weight is 270 g/mol. The Balaban J connectivity index is 0.000000297. The topological polar surface area (TPSA) is 25.8 Å². The van der Waals surface area contributed by atoms with E-state index in [1.807, 2.05) is 23.7 Å². The summed E-state index contributed by atoms with van der Waals surface area (Å²) in [6.07, 6.45) is 3.70. The second-order valence-electron chi connectivity index (χ2n) is 4.99. The van der Waals surface area contributed by atoms with Gasteiger partial charge in [-0.1, -0.05) is 45.0 Å². The van der Waals surface area contributed by atoms with Crippen molar-refractivity contribution < 1.29 is 0 Å². The van der Waals surface area contributed by atoms with E-state index in [2.05, 4.69) is 48.9 Å². The molecule has 3 heteroatoms. The fourth-order valence-corrected chi connectivity index (χ4v) is 2.16. The summed E-state index contributed by atoms with van der Waals surface area (Å²) in [5, 5.41) is 5.31. The molecular weight excluding hydrogens is 252 g/mol. The third-order valence-electron chi connectivity index (χ3n) is 2.28. The van der Waals surface area contributed by atoms with Crippen LogP contribution < -0.4 is 0 Å². The number of aromatic nitrogens is 2. The quantitative estimate of drug-likeness (QED) is 0.620. The Hall–Kier alpha value is -1.74. The maximum Gasteiger partial charge on any atom is 0.141 e. The normalized spacial score (nSPS) is 10.3. The molecule has 0 radical (unpaired) electrons. The minimum absolute atomic E-state index is 0.833. The van der Waals surface area contributed by atoms with Gasteiger partial charge in [-0.15, -0.1) is 11.3 Å². The fraction of sp³-hybridized carbons (Fsp3) is 0.250. The number of hydrogen-bond acceptors (Lipinski definition) is 3. The molecule has 0 spiro atoms. The summed E-state index contributed by atoms with van der Waals surface area (Å²) in [4.78, 5) is 8.65. The van der Waals surface area contributed by atoms with Crippen molar-refractivity contribution in [3.05, 3.63) is 48.1 Å². The predicted molar refractivity (Wildman–Crippen MR) is 83.4 cm³/mol. The highest BCUT2D eigenvalue weighted by Crippen LogP contribution is 2.23. The molecule has 0 aliphatic carbocycles. The number of benzene rings is 1. The largest absolute Gasteiger partial charge is 0.253 e. The lowest BCUT2D eigenvalue weighted by Gasteiger charge is -1.99. The molecule has 2 nitrogen and oxygen atoms in total. The molecule has 0 aliphatic heterocycles. The molecule has 0 saturated heterocycles. The monoisotopic (exact) mass is 270 g/mol. The Morgan fingerprint density at radius 3 is 2.32 bits per heavy atom.